The number of benzene rings is 1. The van der Waals surface area contributed by atoms with Gasteiger partial charge in [0.15, 0.2) is 0 Å². The van der Waals surface area contributed by atoms with E-state index < -0.39 is 21.1 Å². The first-order chi connectivity index (χ1) is 8.88. The van der Waals surface area contributed by atoms with Crippen molar-refractivity contribution in [3.63, 3.8) is 0 Å². The smallest absolute Gasteiger partial charge is 0.212 e. The first-order valence-corrected chi connectivity index (χ1v) is 7.44. The fraction of sp³-hybridized carbons (Fsp3) is 0.286. The fourth-order valence-corrected chi connectivity index (χ4v) is 2.68. The van der Waals surface area contributed by atoms with Crippen molar-refractivity contribution in [2.75, 3.05) is 6.54 Å². The summed E-state index contributed by atoms with van der Waals surface area (Å²) in [5.41, 5.74) is 1.000. The highest BCUT2D eigenvalue weighted by molar-refractivity contribution is 7.89. The fourth-order valence-electron chi connectivity index (χ4n) is 1.50. The molecular formula is C14H18FNO2S. The molecule has 1 atom stereocenters. The summed E-state index contributed by atoms with van der Waals surface area (Å²) in [6.45, 7) is 6.36. The Morgan fingerprint density at radius 3 is 2.53 bits per heavy atom. The molecule has 0 heterocycles. The van der Waals surface area contributed by atoms with Crippen molar-refractivity contribution in [1.29, 1.82) is 0 Å². The summed E-state index contributed by atoms with van der Waals surface area (Å²) in [6.07, 6.45) is 1.06. The van der Waals surface area contributed by atoms with Crippen molar-refractivity contribution in [1.82, 2.24) is 4.72 Å². The topological polar surface area (TPSA) is 46.2 Å². The normalized spacial score (nSPS) is 14.7. The van der Waals surface area contributed by atoms with Crippen LogP contribution >= 0.6 is 0 Å². The van der Waals surface area contributed by atoms with Crippen LogP contribution in [0.1, 0.15) is 24.7 Å². The summed E-state index contributed by atoms with van der Waals surface area (Å²) < 4.78 is 39.7. The van der Waals surface area contributed by atoms with Crippen LogP contribution < -0.4 is 4.72 Å². The van der Waals surface area contributed by atoms with Gasteiger partial charge in [-0.05, 0) is 31.1 Å². The van der Waals surface area contributed by atoms with Gasteiger partial charge in [0.05, 0.1) is 5.25 Å². The van der Waals surface area contributed by atoms with E-state index in [1.807, 2.05) is 6.07 Å². The summed E-state index contributed by atoms with van der Waals surface area (Å²) >= 11 is 0. The van der Waals surface area contributed by atoms with Gasteiger partial charge in [0, 0.05) is 6.54 Å². The van der Waals surface area contributed by atoms with Crippen molar-refractivity contribution in [3.8, 4) is 0 Å². The first-order valence-electron chi connectivity index (χ1n) is 5.89. The molecule has 0 spiro atoms. The second kappa shape index (κ2) is 6.63. The van der Waals surface area contributed by atoms with Gasteiger partial charge in [-0.25, -0.2) is 17.5 Å². The monoisotopic (exact) mass is 283 g/mol. The van der Waals surface area contributed by atoms with E-state index in [0.29, 0.717) is 11.1 Å². The third-order valence-corrected chi connectivity index (χ3v) is 4.61. The zero-order valence-corrected chi connectivity index (χ0v) is 11.9. The largest absolute Gasteiger partial charge is 0.218 e. The van der Waals surface area contributed by atoms with Gasteiger partial charge in [0.1, 0.15) is 5.83 Å². The van der Waals surface area contributed by atoms with E-state index in [4.69, 9.17) is 0 Å². The lowest BCUT2D eigenvalue weighted by molar-refractivity contribution is 0.573. The third-order valence-electron chi connectivity index (χ3n) is 2.86. The van der Waals surface area contributed by atoms with Gasteiger partial charge in [0.2, 0.25) is 10.0 Å². The van der Waals surface area contributed by atoms with Crippen LogP contribution in [0.4, 0.5) is 4.39 Å². The molecule has 1 aromatic carbocycles. The number of rotatable bonds is 6. The van der Waals surface area contributed by atoms with Gasteiger partial charge in [-0.1, -0.05) is 36.9 Å². The Morgan fingerprint density at radius 2 is 2.00 bits per heavy atom. The van der Waals surface area contributed by atoms with Crippen LogP contribution in [0.25, 0.3) is 0 Å². The molecule has 1 rings (SSSR count). The van der Waals surface area contributed by atoms with Crippen molar-refractivity contribution < 1.29 is 12.8 Å². The lowest BCUT2D eigenvalue weighted by atomic mass is 10.2. The predicted molar refractivity (Wildman–Crippen MR) is 75.8 cm³/mol. The van der Waals surface area contributed by atoms with E-state index in [1.54, 1.807) is 31.2 Å². The lowest BCUT2D eigenvalue weighted by Gasteiger charge is -2.14. The number of halogens is 1. The van der Waals surface area contributed by atoms with Crippen molar-refractivity contribution in [3.05, 3.63) is 60.0 Å². The number of hydrogen-bond donors (Lipinski definition) is 1. The van der Waals surface area contributed by atoms with Gasteiger partial charge in [-0.3, -0.25) is 0 Å². The molecule has 0 fully saturated rings. The standard InChI is InChI=1S/C14H18FNO2S/c1-4-14(15)11(2)10-16-19(17,18)12(3)13-8-6-5-7-9-13/h4-9,12,16H,1,10H2,2-3H3/b14-11-/t12-/m1/s1. The second-order valence-corrected chi connectivity index (χ2v) is 6.34. The highest BCUT2D eigenvalue weighted by atomic mass is 32.2. The van der Waals surface area contributed by atoms with Crippen LogP contribution in [0, 0.1) is 0 Å². The molecule has 0 bridgehead atoms. The number of nitrogens with one attached hydrogen (secondary N) is 1. The van der Waals surface area contributed by atoms with E-state index in [-0.39, 0.29) is 6.54 Å². The number of sulfonamides is 1. The molecule has 1 aromatic rings. The quantitative estimate of drug-likeness (QED) is 0.815. The Bertz CT molecular complexity index is 564. The minimum absolute atomic E-state index is 0.0582. The zero-order chi connectivity index (χ0) is 14.5. The number of allylic oxidation sites excluding steroid dienone is 2. The van der Waals surface area contributed by atoms with Crippen LogP contribution in [0.3, 0.4) is 0 Å². The molecule has 0 amide bonds. The summed E-state index contributed by atoms with van der Waals surface area (Å²) in [4.78, 5) is 0. The van der Waals surface area contributed by atoms with Crippen LogP contribution in [0.2, 0.25) is 0 Å². The lowest BCUT2D eigenvalue weighted by Crippen LogP contribution is -2.29. The average molecular weight is 283 g/mol. The summed E-state index contributed by atoms with van der Waals surface area (Å²) in [7, 11) is -3.54. The van der Waals surface area contributed by atoms with E-state index in [0.717, 1.165) is 6.08 Å². The molecule has 19 heavy (non-hydrogen) atoms. The Kier molecular flexibility index (Phi) is 5.44. The first kappa shape index (κ1) is 15.6. The van der Waals surface area contributed by atoms with Crippen LogP contribution in [0.15, 0.2) is 54.4 Å². The number of hydrogen-bond acceptors (Lipinski definition) is 2. The van der Waals surface area contributed by atoms with E-state index >= 15 is 0 Å². The zero-order valence-electron chi connectivity index (χ0n) is 11.1. The molecule has 0 saturated carbocycles. The molecule has 104 valence electrons. The minimum atomic E-state index is -3.54. The van der Waals surface area contributed by atoms with Gasteiger partial charge in [-0.15, -0.1) is 0 Å². The van der Waals surface area contributed by atoms with Crippen molar-refractivity contribution in [2.45, 2.75) is 19.1 Å². The maximum absolute atomic E-state index is 13.2. The second-order valence-electron chi connectivity index (χ2n) is 4.25. The van der Waals surface area contributed by atoms with Crippen LogP contribution in [-0.2, 0) is 10.0 Å². The molecule has 0 radical (unpaired) electrons. The maximum Gasteiger partial charge on any atom is 0.218 e. The summed E-state index contributed by atoms with van der Waals surface area (Å²) in [5.74, 6) is -0.505. The molecule has 3 nitrogen and oxygen atoms in total. The molecule has 0 aromatic heterocycles. The SMILES string of the molecule is C=C/C(F)=C(\C)CNS(=O)(=O)[C@H](C)c1ccccc1. The molecule has 0 aliphatic carbocycles. The Hall–Kier alpha value is -1.46. The van der Waals surface area contributed by atoms with Gasteiger partial charge in [0.25, 0.3) is 0 Å². The van der Waals surface area contributed by atoms with E-state index in [1.165, 1.54) is 6.92 Å². The van der Waals surface area contributed by atoms with Gasteiger partial charge < -0.3 is 0 Å². The third kappa shape index (κ3) is 4.29. The highest BCUT2D eigenvalue weighted by Crippen LogP contribution is 2.20. The van der Waals surface area contributed by atoms with Gasteiger partial charge in [-0.2, -0.15) is 0 Å². The Labute approximate surface area is 113 Å². The van der Waals surface area contributed by atoms with Crippen molar-refractivity contribution in [2.24, 2.45) is 0 Å². The molecule has 0 saturated heterocycles. The Balaban J connectivity index is 2.80. The van der Waals surface area contributed by atoms with Crippen molar-refractivity contribution >= 4 is 10.0 Å². The molecular weight excluding hydrogens is 265 g/mol. The van der Waals surface area contributed by atoms with E-state index in [9.17, 15) is 12.8 Å². The predicted octanol–water partition coefficient (Wildman–Crippen LogP) is 3.10. The molecule has 0 aliphatic heterocycles. The van der Waals surface area contributed by atoms with Crippen LogP contribution in [-0.4, -0.2) is 15.0 Å². The van der Waals surface area contributed by atoms with Gasteiger partial charge >= 0.3 is 0 Å². The Morgan fingerprint density at radius 1 is 1.42 bits per heavy atom. The summed E-state index contributed by atoms with van der Waals surface area (Å²) in [6, 6.07) is 8.88. The highest BCUT2D eigenvalue weighted by Gasteiger charge is 2.21. The summed E-state index contributed by atoms with van der Waals surface area (Å²) in [5, 5.41) is -0.687. The molecule has 1 N–H and O–H groups in total. The minimum Gasteiger partial charge on any atom is -0.212 e. The molecule has 0 aliphatic rings. The average Bonchev–Trinajstić information content (AvgIpc) is 2.44. The van der Waals surface area contributed by atoms with E-state index in [2.05, 4.69) is 11.3 Å². The molecule has 0 unspecified atom stereocenters. The molecule has 5 heteroatoms. The maximum atomic E-state index is 13.2. The van der Waals surface area contributed by atoms with Crippen LogP contribution in [0.5, 0.6) is 0 Å².